The number of halogens is 2. The fourth-order valence-corrected chi connectivity index (χ4v) is 2.86. The zero-order chi connectivity index (χ0) is 10.8. The van der Waals surface area contributed by atoms with Gasteiger partial charge in [0.15, 0.2) is 0 Å². The van der Waals surface area contributed by atoms with Crippen LogP contribution in [0, 0.1) is 0 Å². The minimum atomic E-state index is 0.220. The van der Waals surface area contributed by atoms with E-state index in [4.69, 9.17) is 27.9 Å². The van der Waals surface area contributed by atoms with Crippen LogP contribution in [0.4, 0.5) is 0 Å². The minimum absolute atomic E-state index is 0.220. The highest BCUT2D eigenvalue weighted by Gasteiger charge is 2.29. The Morgan fingerprint density at radius 3 is 2.73 bits per heavy atom. The van der Waals surface area contributed by atoms with Gasteiger partial charge in [0.25, 0.3) is 0 Å². The van der Waals surface area contributed by atoms with Crippen molar-refractivity contribution in [1.29, 1.82) is 0 Å². The lowest BCUT2D eigenvalue weighted by molar-refractivity contribution is 0.405. The predicted molar refractivity (Wildman–Crippen MR) is 64.2 cm³/mol. The third-order valence-corrected chi connectivity index (χ3v) is 3.78. The monoisotopic (exact) mass is 244 g/mol. The van der Waals surface area contributed by atoms with Gasteiger partial charge in [-0.05, 0) is 31.0 Å². The number of hydrogen-bond donors (Lipinski definition) is 0. The molecule has 0 heterocycles. The van der Waals surface area contributed by atoms with Gasteiger partial charge in [0.1, 0.15) is 5.75 Å². The Hall–Kier alpha value is -0.400. The third-order valence-electron chi connectivity index (χ3n) is 3.02. The molecule has 1 aromatic rings. The van der Waals surface area contributed by atoms with Gasteiger partial charge in [0, 0.05) is 21.9 Å². The van der Waals surface area contributed by atoms with Crippen LogP contribution in [0.3, 0.4) is 0 Å². The Morgan fingerprint density at radius 2 is 2.13 bits per heavy atom. The van der Waals surface area contributed by atoms with Gasteiger partial charge < -0.3 is 4.74 Å². The number of rotatable bonds is 2. The first kappa shape index (κ1) is 11.1. The third kappa shape index (κ3) is 2.24. The molecule has 0 N–H and O–H groups in total. The Balaban J connectivity index is 2.36. The molecular weight excluding hydrogens is 231 g/mol. The van der Waals surface area contributed by atoms with Gasteiger partial charge in [0.05, 0.1) is 7.11 Å². The molecule has 1 nitrogen and oxygen atoms in total. The number of benzene rings is 1. The van der Waals surface area contributed by atoms with Crippen LogP contribution in [-0.4, -0.2) is 12.5 Å². The van der Waals surface area contributed by atoms with Crippen LogP contribution >= 0.6 is 23.2 Å². The maximum atomic E-state index is 6.30. The lowest BCUT2D eigenvalue weighted by atomic mass is 9.96. The molecule has 0 aliphatic heterocycles. The van der Waals surface area contributed by atoms with Crippen molar-refractivity contribution in [3.05, 3.63) is 28.8 Å². The fraction of sp³-hybridized carbons (Fsp3) is 0.500. The summed E-state index contributed by atoms with van der Waals surface area (Å²) in [6.45, 7) is 0. The zero-order valence-electron chi connectivity index (χ0n) is 8.67. The van der Waals surface area contributed by atoms with E-state index in [-0.39, 0.29) is 5.38 Å². The summed E-state index contributed by atoms with van der Waals surface area (Å²) in [5.41, 5.74) is 1.16. The van der Waals surface area contributed by atoms with Crippen LogP contribution < -0.4 is 4.74 Å². The van der Waals surface area contributed by atoms with E-state index >= 15 is 0 Å². The highest BCUT2D eigenvalue weighted by atomic mass is 35.5. The van der Waals surface area contributed by atoms with E-state index < -0.39 is 0 Å². The van der Waals surface area contributed by atoms with E-state index in [0.717, 1.165) is 29.2 Å². The molecule has 1 saturated carbocycles. The number of hydrogen-bond acceptors (Lipinski definition) is 1. The summed E-state index contributed by atoms with van der Waals surface area (Å²) >= 11 is 12.3. The van der Waals surface area contributed by atoms with Crippen molar-refractivity contribution in [1.82, 2.24) is 0 Å². The highest BCUT2D eigenvalue weighted by Crippen LogP contribution is 2.42. The summed E-state index contributed by atoms with van der Waals surface area (Å²) in [4.78, 5) is 0. The van der Waals surface area contributed by atoms with Gasteiger partial charge in [-0.2, -0.15) is 0 Å². The predicted octanol–water partition coefficient (Wildman–Crippen LogP) is 4.22. The maximum absolute atomic E-state index is 6.30. The molecule has 1 aliphatic rings. The van der Waals surface area contributed by atoms with Crippen LogP contribution in [0.1, 0.15) is 30.7 Å². The lowest BCUT2D eigenvalue weighted by Crippen LogP contribution is -2.06. The summed E-state index contributed by atoms with van der Waals surface area (Å²) in [6.07, 6.45) is 3.40. The van der Waals surface area contributed by atoms with Crippen LogP contribution in [0.25, 0.3) is 0 Å². The molecule has 15 heavy (non-hydrogen) atoms. The van der Waals surface area contributed by atoms with E-state index in [1.807, 2.05) is 18.2 Å². The first-order chi connectivity index (χ1) is 7.22. The molecule has 0 bridgehead atoms. The second-order valence-electron chi connectivity index (χ2n) is 3.94. The molecule has 0 amide bonds. The normalized spacial score (nSPS) is 25.5. The summed E-state index contributed by atoms with van der Waals surface area (Å²) in [6, 6.07) is 5.74. The van der Waals surface area contributed by atoms with Gasteiger partial charge in [-0.3, -0.25) is 0 Å². The van der Waals surface area contributed by atoms with Crippen molar-refractivity contribution in [2.75, 3.05) is 7.11 Å². The van der Waals surface area contributed by atoms with Gasteiger partial charge in [-0.15, -0.1) is 11.6 Å². The van der Waals surface area contributed by atoms with Gasteiger partial charge in [-0.1, -0.05) is 18.0 Å². The molecular formula is C12H14Cl2O. The molecule has 3 heteroatoms. The first-order valence-electron chi connectivity index (χ1n) is 5.20. The Bertz CT molecular complexity index is 351. The zero-order valence-corrected chi connectivity index (χ0v) is 10.2. The Labute approximate surface area is 100 Å². The molecule has 82 valence electrons. The molecule has 0 saturated heterocycles. The van der Waals surface area contributed by atoms with E-state index in [1.54, 1.807) is 7.11 Å². The summed E-state index contributed by atoms with van der Waals surface area (Å²) < 4.78 is 5.34. The molecule has 2 atom stereocenters. The first-order valence-corrected chi connectivity index (χ1v) is 6.01. The van der Waals surface area contributed by atoms with Crippen molar-refractivity contribution < 1.29 is 4.74 Å². The average Bonchev–Trinajstić information content (AvgIpc) is 2.64. The van der Waals surface area contributed by atoms with Crippen molar-refractivity contribution >= 4 is 23.2 Å². The van der Waals surface area contributed by atoms with Gasteiger partial charge in [0.2, 0.25) is 0 Å². The standard InChI is InChI=1S/C12H14Cl2O/c1-15-12-6-5-8(13)7-10(12)9-3-2-4-11(9)14/h5-7,9,11H,2-4H2,1H3. The molecule has 0 spiro atoms. The van der Waals surface area contributed by atoms with Crippen LogP contribution in [0.15, 0.2) is 18.2 Å². The van der Waals surface area contributed by atoms with Crippen molar-refractivity contribution in [2.24, 2.45) is 0 Å². The Kier molecular flexibility index (Phi) is 3.42. The Morgan fingerprint density at radius 1 is 1.33 bits per heavy atom. The van der Waals surface area contributed by atoms with Crippen LogP contribution in [0.2, 0.25) is 5.02 Å². The van der Waals surface area contributed by atoms with Gasteiger partial charge in [-0.25, -0.2) is 0 Å². The maximum Gasteiger partial charge on any atom is 0.122 e. The van der Waals surface area contributed by atoms with Crippen molar-refractivity contribution in [3.8, 4) is 5.75 Å². The molecule has 1 aromatic carbocycles. The summed E-state index contributed by atoms with van der Waals surface area (Å²) in [5.74, 6) is 1.29. The molecule has 1 aliphatic carbocycles. The molecule has 2 unspecified atom stereocenters. The smallest absolute Gasteiger partial charge is 0.122 e. The number of alkyl halides is 1. The number of methoxy groups -OCH3 is 1. The second kappa shape index (κ2) is 4.63. The largest absolute Gasteiger partial charge is 0.496 e. The summed E-state index contributed by atoms with van der Waals surface area (Å²) in [5, 5.41) is 0.971. The van der Waals surface area contributed by atoms with Crippen LogP contribution in [0.5, 0.6) is 5.75 Å². The molecule has 0 aromatic heterocycles. The van der Waals surface area contributed by atoms with Crippen molar-refractivity contribution in [3.63, 3.8) is 0 Å². The fourth-order valence-electron chi connectivity index (χ4n) is 2.26. The SMILES string of the molecule is COc1ccc(Cl)cc1C1CCCC1Cl. The second-order valence-corrected chi connectivity index (χ2v) is 4.94. The highest BCUT2D eigenvalue weighted by molar-refractivity contribution is 6.30. The molecule has 0 radical (unpaired) electrons. The van der Waals surface area contributed by atoms with E-state index in [0.29, 0.717) is 5.92 Å². The molecule has 2 rings (SSSR count). The quantitative estimate of drug-likeness (QED) is 0.708. The number of ether oxygens (including phenoxy) is 1. The minimum Gasteiger partial charge on any atom is -0.496 e. The van der Waals surface area contributed by atoms with Gasteiger partial charge >= 0.3 is 0 Å². The topological polar surface area (TPSA) is 9.23 Å². The van der Waals surface area contributed by atoms with E-state index in [9.17, 15) is 0 Å². The van der Waals surface area contributed by atoms with Crippen molar-refractivity contribution in [2.45, 2.75) is 30.6 Å². The van der Waals surface area contributed by atoms with E-state index in [2.05, 4.69) is 0 Å². The van der Waals surface area contributed by atoms with E-state index in [1.165, 1.54) is 6.42 Å². The molecule has 1 fully saturated rings. The van der Waals surface area contributed by atoms with Crippen LogP contribution in [-0.2, 0) is 0 Å². The lowest BCUT2D eigenvalue weighted by Gasteiger charge is -2.17. The average molecular weight is 245 g/mol. The summed E-state index contributed by atoms with van der Waals surface area (Å²) in [7, 11) is 1.69.